The average Bonchev–Trinajstić information content (AvgIpc) is 3.20. The van der Waals surface area contributed by atoms with Gasteiger partial charge in [0.15, 0.2) is 11.9 Å². The van der Waals surface area contributed by atoms with E-state index >= 15 is 0 Å². The number of ether oxygens (including phenoxy) is 2. The number of aromatic nitrogens is 3. The fourth-order valence-corrected chi connectivity index (χ4v) is 4.21. The van der Waals surface area contributed by atoms with E-state index in [0.29, 0.717) is 46.0 Å². The molecule has 0 N–H and O–H groups in total. The van der Waals surface area contributed by atoms with Gasteiger partial charge >= 0.3 is 0 Å². The van der Waals surface area contributed by atoms with Gasteiger partial charge in [0.05, 0.1) is 35.1 Å². The molecule has 0 amide bonds. The number of aryl methyl sites for hydroxylation is 1. The maximum Gasteiger partial charge on any atom is 0.177 e. The van der Waals surface area contributed by atoms with E-state index in [2.05, 4.69) is 19.5 Å². The van der Waals surface area contributed by atoms with Crippen molar-refractivity contribution in [1.29, 1.82) is 0 Å². The molecule has 2 heterocycles. The van der Waals surface area contributed by atoms with Gasteiger partial charge in [-0.3, -0.25) is 0 Å². The van der Waals surface area contributed by atoms with Gasteiger partial charge in [0.2, 0.25) is 0 Å². The number of nitrogens with zero attached hydrogens (tertiary/aromatic N) is 4. The van der Waals surface area contributed by atoms with Gasteiger partial charge < -0.3 is 14.0 Å². The van der Waals surface area contributed by atoms with E-state index in [0.717, 1.165) is 11.3 Å². The lowest BCUT2D eigenvalue weighted by Crippen LogP contribution is -2.06. The fraction of sp³-hybridized carbons (Fsp3) is 0.292. The number of hydrogen-bond acceptors (Lipinski definition) is 8. The van der Waals surface area contributed by atoms with Crippen LogP contribution >= 0.6 is 0 Å². The second-order valence-corrected chi connectivity index (χ2v) is 10.7. The van der Waals surface area contributed by atoms with Crippen molar-refractivity contribution in [1.82, 2.24) is 15.1 Å². The van der Waals surface area contributed by atoms with Crippen molar-refractivity contribution in [2.75, 3.05) is 19.6 Å². The first-order valence-corrected chi connectivity index (χ1v) is 12.8. The van der Waals surface area contributed by atoms with E-state index in [1.165, 1.54) is 25.6 Å². The number of methoxy groups -OCH3 is 1. The summed E-state index contributed by atoms with van der Waals surface area (Å²) in [6.07, 6.45) is 4.43. The molecule has 0 saturated heterocycles. The van der Waals surface area contributed by atoms with Crippen LogP contribution in [0.3, 0.4) is 0 Å². The molecule has 0 aliphatic heterocycles. The third-order valence-electron chi connectivity index (χ3n) is 5.05. The third kappa shape index (κ3) is 5.33. The molecule has 1 atom stereocenters. The number of hydrogen-bond donors (Lipinski definition) is 0. The van der Waals surface area contributed by atoms with E-state index in [-0.39, 0.29) is 0 Å². The van der Waals surface area contributed by atoms with Crippen LogP contribution in [-0.2, 0) is 16.1 Å². The van der Waals surface area contributed by atoms with Crippen LogP contribution in [0.4, 0.5) is 10.1 Å². The topological polar surface area (TPSA) is 99.7 Å². The number of rotatable bonds is 7. The molecule has 0 aliphatic carbocycles. The molecule has 0 saturated carbocycles. The normalized spacial score (nSPS) is 12.5. The lowest BCUT2D eigenvalue weighted by atomic mass is 10.0. The van der Waals surface area contributed by atoms with Crippen molar-refractivity contribution < 1.29 is 22.6 Å². The summed E-state index contributed by atoms with van der Waals surface area (Å²) in [6.45, 7) is 3.63. The van der Waals surface area contributed by atoms with Crippen LogP contribution in [0.2, 0.25) is 0 Å². The molecule has 8 nitrogen and oxygen atoms in total. The van der Waals surface area contributed by atoms with Gasteiger partial charge in [-0.05, 0) is 26.0 Å². The van der Waals surface area contributed by atoms with Gasteiger partial charge in [-0.25, -0.2) is 18.6 Å². The van der Waals surface area contributed by atoms with Crippen LogP contribution in [-0.4, -0.2) is 39.0 Å². The van der Waals surface area contributed by atoms with Crippen molar-refractivity contribution >= 4 is 26.3 Å². The summed E-state index contributed by atoms with van der Waals surface area (Å²) < 4.78 is 47.4. The largest absolute Gasteiger partial charge is 0.496 e. The standard InChI is InChI=1S/C24H25FN4O4S/c1-14-8-21(33-28-14)15(2)32-22-10-17(25)7-6-16(22)9-19-24-20(27-13-26-19)11-18(12-23(24)31-3)29-34(4,5)30/h6-8,10-13,15H,9H2,1-5H3. The SMILES string of the molecule is COc1cc(N=S(C)(C)=O)cc2ncnc(Cc3ccc(F)cc3OC(C)c3cc(C)no3)c12. The summed E-state index contributed by atoms with van der Waals surface area (Å²) in [5.74, 6) is 1.00. The Morgan fingerprint density at radius 1 is 1.15 bits per heavy atom. The Balaban J connectivity index is 1.75. The second-order valence-electron chi connectivity index (χ2n) is 8.19. The highest BCUT2D eigenvalue weighted by molar-refractivity contribution is 7.92. The molecular weight excluding hydrogens is 459 g/mol. The first kappa shape index (κ1) is 23.6. The van der Waals surface area contributed by atoms with Crippen LogP contribution in [0.5, 0.6) is 11.5 Å². The van der Waals surface area contributed by atoms with Gasteiger partial charge in [0.25, 0.3) is 0 Å². The molecule has 178 valence electrons. The summed E-state index contributed by atoms with van der Waals surface area (Å²) in [4.78, 5) is 8.82. The molecule has 4 rings (SSSR count). The molecule has 1 unspecified atom stereocenters. The van der Waals surface area contributed by atoms with E-state index in [4.69, 9.17) is 14.0 Å². The van der Waals surface area contributed by atoms with Gasteiger partial charge in [-0.1, -0.05) is 11.2 Å². The smallest absolute Gasteiger partial charge is 0.177 e. The molecule has 2 aromatic carbocycles. The zero-order chi connectivity index (χ0) is 24.5. The second kappa shape index (κ2) is 9.38. The lowest BCUT2D eigenvalue weighted by Gasteiger charge is -2.16. The molecule has 0 fully saturated rings. The number of halogens is 1. The van der Waals surface area contributed by atoms with Crippen LogP contribution in [0.1, 0.15) is 35.7 Å². The maximum atomic E-state index is 14.1. The molecule has 0 radical (unpaired) electrons. The molecule has 0 spiro atoms. The van der Waals surface area contributed by atoms with Crippen molar-refractivity contribution in [3.05, 3.63) is 71.3 Å². The molecule has 0 aliphatic rings. The van der Waals surface area contributed by atoms with E-state index in [1.54, 1.807) is 36.8 Å². The Bertz CT molecular complexity index is 1470. The van der Waals surface area contributed by atoms with Crippen LogP contribution in [0.25, 0.3) is 10.9 Å². The summed E-state index contributed by atoms with van der Waals surface area (Å²) in [5, 5.41) is 4.58. The Morgan fingerprint density at radius 2 is 1.94 bits per heavy atom. The minimum Gasteiger partial charge on any atom is -0.496 e. The van der Waals surface area contributed by atoms with Gasteiger partial charge in [-0.15, -0.1) is 0 Å². The van der Waals surface area contributed by atoms with E-state index in [1.807, 2.05) is 13.8 Å². The molecule has 4 aromatic rings. The lowest BCUT2D eigenvalue weighted by molar-refractivity contribution is 0.179. The Labute approximate surface area is 197 Å². The maximum absolute atomic E-state index is 14.1. The Kier molecular flexibility index (Phi) is 6.52. The molecule has 2 aromatic heterocycles. The summed E-state index contributed by atoms with van der Waals surface area (Å²) in [5.41, 5.74) is 3.23. The van der Waals surface area contributed by atoms with Crippen molar-refractivity contribution in [2.45, 2.75) is 26.4 Å². The highest BCUT2D eigenvalue weighted by Crippen LogP contribution is 2.35. The average molecular weight is 485 g/mol. The van der Waals surface area contributed by atoms with Gasteiger partial charge in [0.1, 0.15) is 23.6 Å². The Morgan fingerprint density at radius 3 is 2.62 bits per heavy atom. The van der Waals surface area contributed by atoms with Crippen molar-refractivity contribution in [3.63, 3.8) is 0 Å². The highest BCUT2D eigenvalue weighted by Gasteiger charge is 2.18. The van der Waals surface area contributed by atoms with Crippen LogP contribution in [0.15, 0.2) is 51.6 Å². The van der Waals surface area contributed by atoms with E-state index in [9.17, 15) is 8.60 Å². The number of benzene rings is 2. The first-order valence-electron chi connectivity index (χ1n) is 10.5. The zero-order valence-corrected chi connectivity index (χ0v) is 20.4. The minimum absolute atomic E-state index is 0.335. The van der Waals surface area contributed by atoms with E-state index < -0.39 is 21.7 Å². The van der Waals surface area contributed by atoms with Crippen LogP contribution < -0.4 is 9.47 Å². The summed E-state index contributed by atoms with van der Waals surface area (Å²) in [6, 6.07) is 9.61. The zero-order valence-electron chi connectivity index (χ0n) is 19.5. The monoisotopic (exact) mass is 484 g/mol. The fourth-order valence-electron chi connectivity index (χ4n) is 3.59. The molecule has 34 heavy (non-hydrogen) atoms. The predicted octanol–water partition coefficient (Wildman–Crippen LogP) is 5.16. The predicted molar refractivity (Wildman–Crippen MR) is 128 cm³/mol. The first-order chi connectivity index (χ1) is 16.1. The van der Waals surface area contributed by atoms with Gasteiger partial charge in [-0.2, -0.15) is 4.36 Å². The van der Waals surface area contributed by atoms with Crippen molar-refractivity contribution in [3.8, 4) is 11.5 Å². The van der Waals surface area contributed by atoms with Gasteiger partial charge in [0, 0.05) is 52.4 Å². The van der Waals surface area contributed by atoms with Crippen LogP contribution in [0, 0.1) is 12.7 Å². The Hall–Kier alpha value is -3.53. The summed E-state index contributed by atoms with van der Waals surface area (Å²) in [7, 11) is -0.821. The molecule has 10 heteroatoms. The molecule has 0 bridgehead atoms. The van der Waals surface area contributed by atoms with Crippen molar-refractivity contribution in [2.24, 2.45) is 4.36 Å². The summed E-state index contributed by atoms with van der Waals surface area (Å²) >= 11 is 0. The highest BCUT2D eigenvalue weighted by atomic mass is 32.2. The number of fused-ring (bicyclic) bond motifs is 1. The third-order valence-corrected chi connectivity index (χ3v) is 5.70. The molecular formula is C24H25FN4O4S. The quantitative estimate of drug-likeness (QED) is 0.357. The minimum atomic E-state index is -2.36.